The lowest BCUT2D eigenvalue weighted by Gasteiger charge is -2.41. The fraction of sp³-hybridized carbons (Fsp3) is 0.526. The number of hydrogen-bond acceptors (Lipinski definition) is 7. The molecule has 1 saturated heterocycles. The third-order valence-electron chi connectivity index (χ3n) is 4.48. The molecule has 1 aliphatic rings. The van der Waals surface area contributed by atoms with Gasteiger partial charge in [0.25, 0.3) is 0 Å². The maximum absolute atomic E-state index is 12.6. The lowest BCUT2D eigenvalue weighted by atomic mass is 9.80. The Kier molecular flexibility index (Phi) is 4.98. The topological polar surface area (TPSA) is 113 Å². The lowest BCUT2D eigenvalue weighted by molar-refractivity contribution is 0.0412. The van der Waals surface area contributed by atoms with Crippen molar-refractivity contribution >= 4 is 17.0 Å². The van der Waals surface area contributed by atoms with Gasteiger partial charge in [0.2, 0.25) is 0 Å². The molecule has 8 heteroatoms. The molecule has 2 aromatic heterocycles. The zero-order valence-corrected chi connectivity index (χ0v) is 16.0. The van der Waals surface area contributed by atoms with Crippen molar-refractivity contribution in [2.45, 2.75) is 45.3 Å². The van der Waals surface area contributed by atoms with Crippen molar-refractivity contribution in [1.82, 2.24) is 25.6 Å². The molecule has 3 heterocycles. The molecule has 8 nitrogen and oxygen atoms in total. The zero-order valence-electron chi connectivity index (χ0n) is 16.0. The molecular formula is C19H24N6O2. The fourth-order valence-electron chi connectivity index (χ4n) is 3.55. The molecule has 1 amide bonds. The average Bonchev–Trinajstić information content (AvgIpc) is 2.59. The molecule has 2 aromatic rings. The highest BCUT2D eigenvalue weighted by atomic mass is 16.6. The highest BCUT2D eigenvalue weighted by Crippen LogP contribution is 2.34. The molecule has 27 heavy (non-hydrogen) atoms. The molecular weight excluding hydrogens is 344 g/mol. The summed E-state index contributed by atoms with van der Waals surface area (Å²) in [4.78, 5) is 25.5. The first-order valence-corrected chi connectivity index (χ1v) is 8.95. The summed E-state index contributed by atoms with van der Waals surface area (Å²) in [6.45, 7) is 8.93. The van der Waals surface area contributed by atoms with Crippen molar-refractivity contribution in [2.75, 3.05) is 13.1 Å². The van der Waals surface area contributed by atoms with E-state index in [1.54, 1.807) is 6.20 Å². The van der Waals surface area contributed by atoms with Gasteiger partial charge in [-0.25, -0.2) is 14.8 Å². The summed E-state index contributed by atoms with van der Waals surface area (Å²) in [5, 5.41) is 16.4. The summed E-state index contributed by atoms with van der Waals surface area (Å²) in [6.07, 6.45) is 4.73. The van der Waals surface area contributed by atoms with Crippen LogP contribution in [0.15, 0.2) is 18.7 Å². The smallest absolute Gasteiger partial charge is 0.408 e. The van der Waals surface area contributed by atoms with Crippen LogP contribution in [-0.2, 0) is 10.3 Å². The number of rotatable bonds is 2. The van der Waals surface area contributed by atoms with E-state index in [4.69, 9.17) is 4.74 Å². The first kappa shape index (κ1) is 19.0. The Morgan fingerprint density at radius 2 is 2.19 bits per heavy atom. The van der Waals surface area contributed by atoms with Crippen molar-refractivity contribution < 1.29 is 9.53 Å². The maximum atomic E-state index is 12.6. The Balaban J connectivity index is 2.11. The molecule has 1 aliphatic heterocycles. The third kappa shape index (κ3) is 3.98. The predicted octanol–water partition coefficient (Wildman–Crippen LogP) is 2.25. The standard InChI is InChI=1S/C19H24N6O2/c1-12-5-19(10-21-7-12,25-17(26)27-18(2,3)4)16-14-9-22-11-24-15(14)13(6-20)8-23-16/h8-9,11-12,21H,5,7,10H2,1-4H3,(H,25,26)/t12-,19+/m0/s1. The lowest BCUT2D eigenvalue weighted by Crippen LogP contribution is -2.58. The Morgan fingerprint density at radius 1 is 1.41 bits per heavy atom. The van der Waals surface area contributed by atoms with E-state index in [1.165, 1.54) is 12.5 Å². The molecule has 1 fully saturated rings. The number of aromatic nitrogens is 3. The van der Waals surface area contributed by atoms with Gasteiger partial charge in [0.1, 0.15) is 18.0 Å². The van der Waals surface area contributed by atoms with E-state index in [1.807, 2.05) is 20.8 Å². The largest absolute Gasteiger partial charge is 0.444 e. The van der Waals surface area contributed by atoms with Gasteiger partial charge in [0, 0.05) is 24.3 Å². The number of carbonyl (C=O) groups excluding carboxylic acids is 1. The molecule has 0 aromatic carbocycles. The molecule has 0 saturated carbocycles. The van der Waals surface area contributed by atoms with E-state index < -0.39 is 17.2 Å². The first-order valence-electron chi connectivity index (χ1n) is 8.95. The van der Waals surface area contributed by atoms with E-state index in [0.29, 0.717) is 41.0 Å². The second-order valence-electron chi connectivity index (χ2n) is 8.07. The Labute approximate surface area is 158 Å². The van der Waals surface area contributed by atoms with Crippen LogP contribution in [0.2, 0.25) is 0 Å². The van der Waals surface area contributed by atoms with Crippen LogP contribution in [-0.4, -0.2) is 39.7 Å². The molecule has 142 valence electrons. The fourth-order valence-corrected chi connectivity index (χ4v) is 3.55. The van der Waals surface area contributed by atoms with Gasteiger partial charge < -0.3 is 15.4 Å². The van der Waals surface area contributed by atoms with Gasteiger partial charge in [-0.2, -0.15) is 5.26 Å². The van der Waals surface area contributed by atoms with Crippen molar-refractivity contribution in [3.05, 3.63) is 30.0 Å². The molecule has 0 unspecified atom stereocenters. The number of piperidine rings is 1. The van der Waals surface area contributed by atoms with E-state index in [0.717, 1.165) is 6.54 Å². The second kappa shape index (κ2) is 7.08. The van der Waals surface area contributed by atoms with E-state index in [-0.39, 0.29) is 0 Å². The number of nitriles is 1. The molecule has 0 bridgehead atoms. The number of ether oxygens (including phenoxy) is 1. The van der Waals surface area contributed by atoms with Crippen molar-refractivity contribution in [3.63, 3.8) is 0 Å². The number of pyridine rings is 1. The average molecular weight is 368 g/mol. The first-order chi connectivity index (χ1) is 12.7. The van der Waals surface area contributed by atoms with Gasteiger partial charge in [0.15, 0.2) is 0 Å². The normalized spacial score (nSPS) is 22.9. The number of hydrogen-bond donors (Lipinski definition) is 2. The summed E-state index contributed by atoms with van der Waals surface area (Å²) in [7, 11) is 0. The van der Waals surface area contributed by atoms with Crippen molar-refractivity contribution in [3.8, 4) is 6.07 Å². The third-order valence-corrected chi connectivity index (χ3v) is 4.48. The van der Waals surface area contributed by atoms with Gasteiger partial charge in [-0.3, -0.25) is 4.98 Å². The summed E-state index contributed by atoms with van der Waals surface area (Å²) >= 11 is 0. The molecule has 3 rings (SSSR count). The highest BCUT2D eigenvalue weighted by molar-refractivity contribution is 5.86. The molecule has 2 N–H and O–H groups in total. The van der Waals surface area contributed by atoms with Crippen LogP contribution in [0.3, 0.4) is 0 Å². The number of alkyl carbamates (subject to hydrolysis) is 1. The van der Waals surface area contributed by atoms with Gasteiger partial charge in [0.05, 0.1) is 22.3 Å². The summed E-state index contributed by atoms with van der Waals surface area (Å²) in [5.74, 6) is 0.311. The monoisotopic (exact) mass is 368 g/mol. The van der Waals surface area contributed by atoms with Crippen LogP contribution in [0.4, 0.5) is 4.79 Å². The molecule has 2 atom stereocenters. The van der Waals surface area contributed by atoms with Crippen molar-refractivity contribution in [1.29, 1.82) is 5.26 Å². The SMILES string of the molecule is C[C@@H]1CNC[C@@](NC(=O)OC(C)(C)C)(c2ncc(C#N)c3ncncc23)C1. The van der Waals surface area contributed by atoms with E-state index in [2.05, 4.69) is 38.6 Å². The molecule has 0 aliphatic carbocycles. The van der Waals surface area contributed by atoms with Gasteiger partial charge in [-0.05, 0) is 39.7 Å². The van der Waals surface area contributed by atoms with Gasteiger partial charge in [-0.15, -0.1) is 0 Å². The summed E-state index contributed by atoms with van der Waals surface area (Å²) < 4.78 is 5.49. The quantitative estimate of drug-likeness (QED) is 0.836. The number of carbonyl (C=O) groups is 1. The summed E-state index contributed by atoms with van der Waals surface area (Å²) in [5.41, 5.74) is 0.155. The predicted molar refractivity (Wildman–Crippen MR) is 99.7 cm³/mol. The number of fused-ring (bicyclic) bond motifs is 1. The molecule has 0 spiro atoms. The van der Waals surface area contributed by atoms with Crippen LogP contribution < -0.4 is 10.6 Å². The Bertz CT molecular complexity index is 901. The Hall–Kier alpha value is -2.79. The zero-order chi connectivity index (χ0) is 19.7. The van der Waals surface area contributed by atoms with Crippen LogP contribution >= 0.6 is 0 Å². The van der Waals surface area contributed by atoms with Crippen LogP contribution in [0.1, 0.15) is 45.4 Å². The minimum atomic E-state index is -0.781. The summed E-state index contributed by atoms with van der Waals surface area (Å²) in [6, 6.07) is 2.11. The maximum Gasteiger partial charge on any atom is 0.408 e. The minimum absolute atomic E-state index is 0.311. The second-order valence-corrected chi connectivity index (χ2v) is 8.07. The van der Waals surface area contributed by atoms with Crippen LogP contribution in [0, 0.1) is 17.2 Å². The number of nitrogens with one attached hydrogen (secondary N) is 2. The van der Waals surface area contributed by atoms with Crippen molar-refractivity contribution in [2.24, 2.45) is 5.92 Å². The van der Waals surface area contributed by atoms with Crippen LogP contribution in [0.25, 0.3) is 10.9 Å². The molecule has 0 radical (unpaired) electrons. The van der Waals surface area contributed by atoms with Gasteiger partial charge in [-0.1, -0.05) is 6.92 Å². The van der Waals surface area contributed by atoms with Crippen LogP contribution in [0.5, 0.6) is 0 Å². The van der Waals surface area contributed by atoms with E-state index >= 15 is 0 Å². The minimum Gasteiger partial charge on any atom is -0.444 e. The number of nitrogens with zero attached hydrogens (tertiary/aromatic N) is 4. The van der Waals surface area contributed by atoms with E-state index in [9.17, 15) is 10.1 Å². The van der Waals surface area contributed by atoms with Gasteiger partial charge >= 0.3 is 6.09 Å². The highest BCUT2D eigenvalue weighted by Gasteiger charge is 2.42. The number of amides is 1. The Morgan fingerprint density at radius 3 is 2.85 bits per heavy atom.